The van der Waals surface area contributed by atoms with E-state index in [9.17, 15) is 14.4 Å². The van der Waals surface area contributed by atoms with Crippen molar-refractivity contribution >= 4 is 23.0 Å². The summed E-state index contributed by atoms with van der Waals surface area (Å²) in [5.74, 6) is -0.117. The second kappa shape index (κ2) is 8.88. The predicted molar refractivity (Wildman–Crippen MR) is 119 cm³/mol. The number of hydrogen-bond acceptors (Lipinski definition) is 6. The van der Waals surface area contributed by atoms with E-state index in [1.807, 2.05) is 25.7 Å². The van der Waals surface area contributed by atoms with Crippen LogP contribution in [-0.4, -0.2) is 68.1 Å². The van der Waals surface area contributed by atoms with E-state index >= 15 is 0 Å². The van der Waals surface area contributed by atoms with Crippen molar-refractivity contribution in [2.24, 2.45) is 5.92 Å². The van der Waals surface area contributed by atoms with Crippen LogP contribution >= 0.6 is 0 Å². The molecule has 4 rings (SSSR count). The fraction of sp³-hybridized carbons (Fsp3) is 0.609. The molecule has 2 aromatic heterocycles. The van der Waals surface area contributed by atoms with Gasteiger partial charge >= 0.3 is 6.09 Å². The third-order valence-electron chi connectivity index (χ3n) is 6.15. The number of carbonyl (C=O) groups excluding carboxylic acids is 2. The molecule has 2 fully saturated rings. The monoisotopic (exact) mass is 441 g/mol. The number of carbonyl (C=O) groups is 2. The van der Waals surface area contributed by atoms with Crippen LogP contribution < -0.4 is 5.56 Å². The summed E-state index contributed by atoms with van der Waals surface area (Å²) in [7, 11) is 0. The average molecular weight is 442 g/mol. The first-order valence-corrected chi connectivity index (χ1v) is 11.3. The van der Waals surface area contributed by atoms with Crippen molar-refractivity contribution in [3.05, 3.63) is 35.0 Å². The Bertz CT molecular complexity index is 1050. The van der Waals surface area contributed by atoms with Crippen LogP contribution in [0.25, 0.3) is 11.0 Å². The lowest BCUT2D eigenvalue weighted by Crippen LogP contribution is -2.49. The van der Waals surface area contributed by atoms with E-state index in [2.05, 4.69) is 9.97 Å². The molecule has 32 heavy (non-hydrogen) atoms. The molecular formula is C23H31N5O4. The third-order valence-corrected chi connectivity index (χ3v) is 6.15. The lowest BCUT2D eigenvalue weighted by molar-refractivity contribution is -0.138. The number of likely N-dealkylation sites (tertiary alicyclic amines) is 2. The molecule has 9 heteroatoms. The number of aromatic nitrogens is 3. The van der Waals surface area contributed by atoms with Gasteiger partial charge in [-0.1, -0.05) is 0 Å². The Hall–Kier alpha value is -2.97. The normalized spacial score (nSPS) is 20.4. The standard InChI is InChI=1S/C23H31N5O4/c1-23(2,3)32-22(31)27-11-5-6-16(14-27)20(29)26-12-8-17(9-13-26)28-15-25-19-18(21(28)30)7-4-10-24-19/h4,7,10,15-17H,5-6,8-9,11-14H2,1-3H3/t16-/m1/s1. The number of piperidine rings is 2. The summed E-state index contributed by atoms with van der Waals surface area (Å²) in [5, 5.41) is 0.512. The molecule has 2 aromatic rings. The number of hydrogen-bond donors (Lipinski definition) is 0. The van der Waals surface area contributed by atoms with Gasteiger partial charge in [0.1, 0.15) is 11.9 Å². The number of nitrogens with zero attached hydrogens (tertiary/aromatic N) is 5. The Morgan fingerprint density at radius 1 is 1.06 bits per heavy atom. The highest BCUT2D eigenvalue weighted by atomic mass is 16.6. The topological polar surface area (TPSA) is 97.6 Å². The Balaban J connectivity index is 1.37. The zero-order valence-electron chi connectivity index (χ0n) is 19.0. The van der Waals surface area contributed by atoms with Gasteiger partial charge in [0.2, 0.25) is 5.91 Å². The predicted octanol–water partition coefficient (Wildman–Crippen LogP) is 2.60. The molecule has 9 nitrogen and oxygen atoms in total. The molecule has 0 spiro atoms. The minimum absolute atomic E-state index is 0.00766. The van der Waals surface area contributed by atoms with Gasteiger partial charge < -0.3 is 14.5 Å². The molecule has 1 atom stereocenters. The van der Waals surface area contributed by atoms with Gasteiger partial charge in [0, 0.05) is 38.4 Å². The summed E-state index contributed by atoms with van der Waals surface area (Å²) < 4.78 is 7.15. The van der Waals surface area contributed by atoms with Gasteiger partial charge in [-0.05, 0) is 58.6 Å². The number of fused-ring (bicyclic) bond motifs is 1. The van der Waals surface area contributed by atoms with Gasteiger partial charge in [-0.15, -0.1) is 0 Å². The van der Waals surface area contributed by atoms with E-state index in [-0.39, 0.29) is 29.5 Å². The quantitative estimate of drug-likeness (QED) is 0.711. The molecule has 0 N–H and O–H groups in total. The zero-order chi connectivity index (χ0) is 22.9. The second-order valence-electron chi connectivity index (χ2n) is 9.65. The first kappa shape index (κ1) is 22.2. The fourth-order valence-corrected chi connectivity index (χ4v) is 4.53. The second-order valence-corrected chi connectivity index (χ2v) is 9.65. The van der Waals surface area contributed by atoms with E-state index in [1.165, 1.54) is 0 Å². The molecule has 4 heterocycles. The molecule has 0 saturated carbocycles. The highest BCUT2D eigenvalue weighted by Gasteiger charge is 2.34. The smallest absolute Gasteiger partial charge is 0.410 e. The largest absolute Gasteiger partial charge is 0.444 e. The first-order chi connectivity index (χ1) is 15.2. The van der Waals surface area contributed by atoms with Crippen LogP contribution in [0.5, 0.6) is 0 Å². The van der Waals surface area contributed by atoms with Crippen molar-refractivity contribution in [2.45, 2.75) is 58.1 Å². The highest BCUT2D eigenvalue weighted by molar-refractivity contribution is 5.80. The Kier molecular flexibility index (Phi) is 6.17. The maximum Gasteiger partial charge on any atom is 0.410 e. The number of pyridine rings is 1. The van der Waals surface area contributed by atoms with Crippen molar-refractivity contribution < 1.29 is 14.3 Å². The summed E-state index contributed by atoms with van der Waals surface area (Å²) in [4.78, 5) is 50.4. The summed E-state index contributed by atoms with van der Waals surface area (Å²) >= 11 is 0. The van der Waals surface area contributed by atoms with Crippen LogP contribution in [0.4, 0.5) is 4.79 Å². The highest BCUT2D eigenvalue weighted by Crippen LogP contribution is 2.26. The summed E-state index contributed by atoms with van der Waals surface area (Å²) in [6, 6.07) is 3.49. The Morgan fingerprint density at radius 2 is 1.81 bits per heavy atom. The van der Waals surface area contributed by atoms with E-state index in [0.717, 1.165) is 12.8 Å². The molecule has 0 aliphatic carbocycles. The van der Waals surface area contributed by atoms with Crippen LogP contribution in [-0.2, 0) is 9.53 Å². The molecule has 2 amide bonds. The lowest BCUT2D eigenvalue weighted by atomic mass is 9.95. The molecule has 0 unspecified atom stereocenters. The van der Waals surface area contributed by atoms with E-state index in [0.29, 0.717) is 50.1 Å². The van der Waals surface area contributed by atoms with E-state index in [1.54, 1.807) is 34.1 Å². The minimum atomic E-state index is -0.554. The summed E-state index contributed by atoms with van der Waals surface area (Å²) in [6.45, 7) is 7.72. The van der Waals surface area contributed by atoms with Crippen LogP contribution in [0.3, 0.4) is 0 Å². The molecule has 2 aliphatic heterocycles. The van der Waals surface area contributed by atoms with Crippen LogP contribution in [0.15, 0.2) is 29.5 Å². The van der Waals surface area contributed by atoms with E-state index in [4.69, 9.17) is 4.74 Å². The van der Waals surface area contributed by atoms with Crippen molar-refractivity contribution in [2.75, 3.05) is 26.2 Å². The van der Waals surface area contributed by atoms with Gasteiger partial charge in [0.15, 0.2) is 5.65 Å². The maximum atomic E-state index is 13.1. The van der Waals surface area contributed by atoms with E-state index < -0.39 is 5.60 Å². The molecule has 0 bridgehead atoms. The van der Waals surface area contributed by atoms with Crippen molar-refractivity contribution in [1.82, 2.24) is 24.3 Å². The Labute approximate surface area is 187 Å². The van der Waals surface area contributed by atoms with Gasteiger partial charge in [-0.3, -0.25) is 14.2 Å². The maximum absolute atomic E-state index is 13.1. The molecular weight excluding hydrogens is 410 g/mol. The number of amides is 2. The van der Waals surface area contributed by atoms with Gasteiger partial charge in [0.25, 0.3) is 5.56 Å². The van der Waals surface area contributed by atoms with Crippen molar-refractivity contribution in [3.8, 4) is 0 Å². The van der Waals surface area contributed by atoms with Crippen LogP contribution in [0.1, 0.15) is 52.5 Å². The molecule has 2 aliphatic rings. The van der Waals surface area contributed by atoms with Crippen molar-refractivity contribution in [1.29, 1.82) is 0 Å². The van der Waals surface area contributed by atoms with Gasteiger partial charge in [0.05, 0.1) is 11.3 Å². The molecule has 2 saturated heterocycles. The lowest BCUT2D eigenvalue weighted by Gasteiger charge is -2.38. The Morgan fingerprint density at radius 3 is 2.53 bits per heavy atom. The molecule has 0 aromatic carbocycles. The average Bonchev–Trinajstić information content (AvgIpc) is 2.78. The molecule has 172 valence electrons. The van der Waals surface area contributed by atoms with Gasteiger partial charge in [-0.2, -0.15) is 0 Å². The summed E-state index contributed by atoms with van der Waals surface area (Å²) in [6.07, 6.45) is 5.80. The van der Waals surface area contributed by atoms with Crippen molar-refractivity contribution in [3.63, 3.8) is 0 Å². The van der Waals surface area contributed by atoms with Crippen LogP contribution in [0, 0.1) is 5.92 Å². The SMILES string of the molecule is CC(C)(C)OC(=O)N1CCC[C@@H](C(=O)N2CCC(n3cnc4ncccc4c3=O)CC2)C1. The number of ether oxygens (including phenoxy) is 1. The van der Waals surface area contributed by atoms with Crippen LogP contribution in [0.2, 0.25) is 0 Å². The zero-order valence-corrected chi connectivity index (χ0v) is 19.0. The number of rotatable bonds is 2. The summed E-state index contributed by atoms with van der Waals surface area (Å²) in [5.41, 5.74) is -0.192. The van der Waals surface area contributed by atoms with Gasteiger partial charge in [-0.25, -0.2) is 14.8 Å². The minimum Gasteiger partial charge on any atom is -0.444 e. The third kappa shape index (κ3) is 4.76. The first-order valence-electron chi connectivity index (χ1n) is 11.3. The fourth-order valence-electron chi connectivity index (χ4n) is 4.53. The molecule has 0 radical (unpaired) electrons.